The van der Waals surface area contributed by atoms with E-state index in [1.165, 1.54) is 38.9 Å². The first kappa shape index (κ1) is 12.9. The van der Waals surface area contributed by atoms with E-state index in [2.05, 4.69) is 11.8 Å². The number of nitrogens with zero attached hydrogens (tertiary/aromatic N) is 1. The maximum Gasteiger partial charge on any atom is 0.0431 e. The SMILES string of the molecule is CC(N)C1CCCN(CCCCCO)C1. The molecule has 15 heavy (non-hydrogen) atoms. The average molecular weight is 214 g/mol. The van der Waals surface area contributed by atoms with Crippen molar-refractivity contribution < 1.29 is 5.11 Å². The Morgan fingerprint density at radius 1 is 1.40 bits per heavy atom. The zero-order valence-corrected chi connectivity index (χ0v) is 9.99. The van der Waals surface area contributed by atoms with Gasteiger partial charge in [-0.15, -0.1) is 0 Å². The van der Waals surface area contributed by atoms with E-state index in [0.717, 1.165) is 12.8 Å². The van der Waals surface area contributed by atoms with Crippen LogP contribution in [0.25, 0.3) is 0 Å². The Hall–Kier alpha value is -0.120. The number of hydrogen-bond donors (Lipinski definition) is 2. The van der Waals surface area contributed by atoms with E-state index in [9.17, 15) is 0 Å². The maximum atomic E-state index is 8.69. The van der Waals surface area contributed by atoms with Gasteiger partial charge in [0.1, 0.15) is 0 Å². The van der Waals surface area contributed by atoms with Gasteiger partial charge in [0.25, 0.3) is 0 Å². The molecule has 2 atom stereocenters. The van der Waals surface area contributed by atoms with Crippen molar-refractivity contribution in [3.63, 3.8) is 0 Å². The largest absolute Gasteiger partial charge is 0.396 e. The van der Waals surface area contributed by atoms with E-state index in [1.54, 1.807) is 0 Å². The minimum atomic E-state index is 0.336. The molecule has 3 nitrogen and oxygen atoms in total. The third kappa shape index (κ3) is 4.96. The molecule has 0 saturated carbocycles. The summed E-state index contributed by atoms with van der Waals surface area (Å²) in [4.78, 5) is 2.54. The first-order chi connectivity index (χ1) is 7.24. The molecule has 0 bridgehead atoms. The van der Waals surface area contributed by atoms with Crippen LogP contribution in [0.2, 0.25) is 0 Å². The molecular weight excluding hydrogens is 188 g/mol. The van der Waals surface area contributed by atoms with Gasteiger partial charge in [-0.3, -0.25) is 0 Å². The number of nitrogens with two attached hydrogens (primary N) is 1. The summed E-state index contributed by atoms with van der Waals surface area (Å²) < 4.78 is 0. The molecule has 3 N–H and O–H groups in total. The van der Waals surface area contributed by atoms with Crippen LogP contribution in [-0.2, 0) is 0 Å². The standard InChI is InChI=1S/C12H26N2O/c1-11(13)12-6-5-8-14(10-12)7-3-2-4-9-15/h11-12,15H,2-10,13H2,1H3. The van der Waals surface area contributed by atoms with Gasteiger partial charge in [-0.25, -0.2) is 0 Å². The second-order valence-electron chi connectivity index (χ2n) is 4.85. The van der Waals surface area contributed by atoms with Crippen molar-refractivity contribution in [2.45, 2.75) is 45.1 Å². The Labute approximate surface area is 93.6 Å². The molecule has 1 aliphatic heterocycles. The fourth-order valence-electron chi connectivity index (χ4n) is 2.35. The van der Waals surface area contributed by atoms with Crippen molar-refractivity contribution in [3.05, 3.63) is 0 Å². The van der Waals surface area contributed by atoms with E-state index in [1.807, 2.05) is 0 Å². The molecule has 1 aliphatic rings. The van der Waals surface area contributed by atoms with Crippen molar-refractivity contribution in [2.24, 2.45) is 11.7 Å². The van der Waals surface area contributed by atoms with Crippen molar-refractivity contribution in [1.29, 1.82) is 0 Å². The van der Waals surface area contributed by atoms with Gasteiger partial charge in [0.15, 0.2) is 0 Å². The lowest BCUT2D eigenvalue weighted by atomic mass is 9.92. The predicted octanol–water partition coefficient (Wildman–Crippen LogP) is 1.21. The van der Waals surface area contributed by atoms with E-state index in [0.29, 0.717) is 18.6 Å². The van der Waals surface area contributed by atoms with Crippen LogP contribution in [0.4, 0.5) is 0 Å². The van der Waals surface area contributed by atoms with E-state index in [4.69, 9.17) is 10.8 Å². The van der Waals surface area contributed by atoms with Gasteiger partial charge in [-0.2, -0.15) is 0 Å². The Kier molecular flexibility index (Phi) is 6.22. The highest BCUT2D eigenvalue weighted by Crippen LogP contribution is 2.18. The minimum absolute atomic E-state index is 0.336. The summed E-state index contributed by atoms with van der Waals surface area (Å²) in [5, 5.41) is 8.69. The number of hydrogen-bond acceptors (Lipinski definition) is 3. The van der Waals surface area contributed by atoms with Gasteiger partial charge in [0, 0.05) is 19.2 Å². The van der Waals surface area contributed by atoms with Crippen molar-refractivity contribution in [1.82, 2.24) is 4.90 Å². The van der Waals surface area contributed by atoms with Crippen LogP contribution in [0.15, 0.2) is 0 Å². The number of likely N-dealkylation sites (tertiary alicyclic amines) is 1. The lowest BCUT2D eigenvalue weighted by Crippen LogP contribution is -2.42. The molecule has 0 amide bonds. The molecule has 1 fully saturated rings. The van der Waals surface area contributed by atoms with Gasteiger partial charge in [-0.1, -0.05) is 0 Å². The third-order valence-corrected chi connectivity index (χ3v) is 3.42. The molecule has 0 aromatic heterocycles. The number of aliphatic hydroxyl groups excluding tert-OH is 1. The summed E-state index contributed by atoms with van der Waals surface area (Å²) in [6, 6.07) is 0.338. The summed E-state index contributed by atoms with van der Waals surface area (Å²) in [5.41, 5.74) is 5.95. The van der Waals surface area contributed by atoms with E-state index >= 15 is 0 Å². The molecule has 2 unspecified atom stereocenters. The zero-order valence-electron chi connectivity index (χ0n) is 9.99. The number of unbranched alkanes of at least 4 members (excludes halogenated alkanes) is 2. The molecule has 0 aromatic rings. The average Bonchev–Trinajstić information content (AvgIpc) is 2.25. The summed E-state index contributed by atoms with van der Waals surface area (Å²) in [7, 11) is 0. The molecule has 90 valence electrons. The van der Waals surface area contributed by atoms with Gasteiger partial charge >= 0.3 is 0 Å². The minimum Gasteiger partial charge on any atom is -0.396 e. The number of piperidine rings is 1. The summed E-state index contributed by atoms with van der Waals surface area (Å²) in [6.45, 7) is 6.06. The highest BCUT2D eigenvalue weighted by Gasteiger charge is 2.21. The first-order valence-corrected chi connectivity index (χ1v) is 6.33. The summed E-state index contributed by atoms with van der Waals surface area (Å²) in [6.07, 6.45) is 5.91. The molecule has 0 aromatic carbocycles. The molecule has 0 spiro atoms. The lowest BCUT2D eigenvalue weighted by molar-refractivity contribution is 0.157. The number of rotatable bonds is 6. The fraction of sp³-hybridized carbons (Fsp3) is 1.00. The van der Waals surface area contributed by atoms with Crippen LogP contribution in [0.3, 0.4) is 0 Å². The topological polar surface area (TPSA) is 49.5 Å². The Balaban J connectivity index is 2.13. The van der Waals surface area contributed by atoms with Crippen LogP contribution in [-0.4, -0.2) is 42.3 Å². The second-order valence-corrected chi connectivity index (χ2v) is 4.85. The van der Waals surface area contributed by atoms with Crippen molar-refractivity contribution in [2.75, 3.05) is 26.2 Å². The smallest absolute Gasteiger partial charge is 0.0431 e. The quantitative estimate of drug-likeness (QED) is 0.653. The van der Waals surface area contributed by atoms with Crippen LogP contribution in [0.1, 0.15) is 39.0 Å². The highest BCUT2D eigenvalue weighted by molar-refractivity contribution is 4.78. The van der Waals surface area contributed by atoms with E-state index < -0.39 is 0 Å². The maximum absolute atomic E-state index is 8.69. The zero-order chi connectivity index (χ0) is 11.1. The highest BCUT2D eigenvalue weighted by atomic mass is 16.2. The lowest BCUT2D eigenvalue weighted by Gasteiger charge is -2.34. The Bertz CT molecular complexity index is 162. The van der Waals surface area contributed by atoms with Gasteiger partial charge in [0.05, 0.1) is 0 Å². The van der Waals surface area contributed by atoms with Crippen molar-refractivity contribution in [3.8, 4) is 0 Å². The van der Waals surface area contributed by atoms with Crippen LogP contribution in [0.5, 0.6) is 0 Å². The Morgan fingerprint density at radius 3 is 2.87 bits per heavy atom. The molecule has 1 heterocycles. The molecule has 3 heteroatoms. The van der Waals surface area contributed by atoms with Crippen molar-refractivity contribution >= 4 is 0 Å². The first-order valence-electron chi connectivity index (χ1n) is 6.33. The molecule has 0 radical (unpaired) electrons. The van der Waals surface area contributed by atoms with E-state index in [-0.39, 0.29) is 0 Å². The molecular formula is C12H26N2O. The third-order valence-electron chi connectivity index (χ3n) is 3.42. The Morgan fingerprint density at radius 2 is 2.20 bits per heavy atom. The van der Waals surface area contributed by atoms with Gasteiger partial charge in [0.2, 0.25) is 0 Å². The predicted molar refractivity (Wildman–Crippen MR) is 63.8 cm³/mol. The van der Waals surface area contributed by atoms with Crippen LogP contribution >= 0.6 is 0 Å². The van der Waals surface area contributed by atoms with Crippen LogP contribution < -0.4 is 5.73 Å². The normalized spacial score (nSPS) is 25.4. The second kappa shape index (κ2) is 7.20. The summed E-state index contributed by atoms with van der Waals surface area (Å²) >= 11 is 0. The van der Waals surface area contributed by atoms with Gasteiger partial charge in [-0.05, 0) is 58.0 Å². The monoisotopic (exact) mass is 214 g/mol. The fourth-order valence-corrected chi connectivity index (χ4v) is 2.35. The summed E-state index contributed by atoms with van der Waals surface area (Å²) in [5.74, 6) is 0.691. The van der Waals surface area contributed by atoms with Gasteiger partial charge < -0.3 is 15.7 Å². The van der Waals surface area contributed by atoms with Crippen LogP contribution in [0, 0.1) is 5.92 Å². The number of aliphatic hydroxyl groups is 1. The molecule has 1 rings (SSSR count). The molecule has 0 aliphatic carbocycles. The molecule has 1 saturated heterocycles.